The van der Waals surface area contributed by atoms with Gasteiger partial charge in [-0.1, -0.05) is 6.07 Å². The van der Waals surface area contributed by atoms with Gasteiger partial charge in [-0.15, -0.1) is 0 Å². The number of nitrogen functional groups attached to an aromatic ring is 1. The number of aryl methyl sites for hydroxylation is 1. The minimum Gasteiger partial charge on any atom is -0.398 e. The van der Waals surface area contributed by atoms with Crippen molar-refractivity contribution in [1.29, 1.82) is 0 Å². The van der Waals surface area contributed by atoms with Crippen LogP contribution in [-0.2, 0) is 10.0 Å². The van der Waals surface area contributed by atoms with Crippen LogP contribution in [0.5, 0.6) is 0 Å². The smallest absolute Gasteiger partial charge is 0.242 e. The molecule has 0 fully saturated rings. The molecule has 4 N–H and O–H groups in total. The fraction of sp³-hybridized carbons (Fsp3) is 0.571. The highest BCUT2D eigenvalue weighted by atomic mass is 32.2. The van der Waals surface area contributed by atoms with Crippen molar-refractivity contribution >= 4 is 15.7 Å². The monoisotopic (exact) mass is 315 g/mol. The van der Waals surface area contributed by atoms with Crippen molar-refractivity contribution in [2.45, 2.75) is 31.3 Å². The topological polar surface area (TPSA) is 95.7 Å². The Morgan fingerprint density at radius 2 is 1.90 bits per heavy atom. The SMILES string of the molecule is Cc1ccc(N)c(S(=O)(=O)NCC(C)(O)CN(C)C)c1C. The van der Waals surface area contributed by atoms with Gasteiger partial charge in [0.25, 0.3) is 0 Å². The second kappa shape index (κ2) is 6.31. The molecule has 0 radical (unpaired) electrons. The van der Waals surface area contributed by atoms with Crippen LogP contribution in [0.2, 0.25) is 0 Å². The summed E-state index contributed by atoms with van der Waals surface area (Å²) in [6.07, 6.45) is 0. The Balaban J connectivity index is 3.01. The molecule has 0 heterocycles. The summed E-state index contributed by atoms with van der Waals surface area (Å²) in [5.74, 6) is 0. The molecule has 0 spiro atoms. The average Bonchev–Trinajstić information content (AvgIpc) is 2.30. The number of nitrogens with two attached hydrogens (primary N) is 1. The van der Waals surface area contributed by atoms with Crippen molar-refractivity contribution in [2.75, 3.05) is 32.9 Å². The Labute approximate surface area is 127 Å². The lowest BCUT2D eigenvalue weighted by Gasteiger charge is -2.27. The molecule has 6 nitrogen and oxygen atoms in total. The molecule has 7 heteroatoms. The minimum atomic E-state index is -3.77. The van der Waals surface area contributed by atoms with E-state index in [1.54, 1.807) is 30.9 Å². The zero-order valence-corrected chi connectivity index (χ0v) is 14.1. The lowest BCUT2D eigenvalue weighted by Crippen LogP contribution is -2.47. The van der Waals surface area contributed by atoms with E-state index in [-0.39, 0.29) is 17.1 Å². The van der Waals surface area contributed by atoms with E-state index in [4.69, 9.17) is 5.73 Å². The fourth-order valence-corrected chi connectivity index (χ4v) is 3.82. The highest BCUT2D eigenvalue weighted by molar-refractivity contribution is 7.89. The first-order valence-corrected chi connectivity index (χ1v) is 8.17. The van der Waals surface area contributed by atoms with Crippen LogP contribution in [0.25, 0.3) is 0 Å². The van der Waals surface area contributed by atoms with Gasteiger partial charge < -0.3 is 15.7 Å². The van der Waals surface area contributed by atoms with Crippen LogP contribution in [-0.4, -0.2) is 51.2 Å². The van der Waals surface area contributed by atoms with Gasteiger partial charge in [-0.05, 0) is 52.1 Å². The summed E-state index contributed by atoms with van der Waals surface area (Å²) in [4.78, 5) is 1.88. The Bertz CT molecular complexity index is 610. The summed E-state index contributed by atoms with van der Waals surface area (Å²) in [6.45, 7) is 5.40. The number of nitrogens with one attached hydrogen (secondary N) is 1. The first kappa shape index (κ1) is 17.9. The molecule has 0 amide bonds. The number of benzene rings is 1. The average molecular weight is 315 g/mol. The summed E-state index contributed by atoms with van der Waals surface area (Å²) in [7, 11) is -0.144. The summed E-state index contributed by atoms with van der Waals surface area (Å²) >= 11 is 0. The molecule has 0 aliphatic heterocycles. The van der Waals surface area contributed by atoms with Crippen LogP contribution in [0.3, 0.4) is 0 Å². The number of hydrogen-bond acceptors (Lipinski definition) is 5. The fourth-order valence-electron chi connectivity index (χ4n) is 2.23. The Kier molecular flexibility index (Phi) is 5.38. The van der Waals surface area contributed by atoms with Crippen molar-refractivity contribution in [3.05, 3.63) is 23.3 Å². The molecular formula is C14H25N3O3S. The van der Waals surface area contributed by atoms with Crippen molar-refractivity contribution in [2.24, 2.45) is 0 Å². The van der Waals surface area contributed by atoms with Crippen LogP contribution < -0.4 is 10.5 Å². The van der Waals surface area contributed by atoms with Crippen molar-refractivity contribution in [3.8, 4) is 0 Å². The van der Waals surface area contributed by atoms with Crippen LogP contribution in [0.4, 0.5) is 5.69 Å². The number of rotatable bonds is 6. The Morgan fingerprint density at radius 3 is 2.43 bits per heavy atom. The van der Waals surface area contributed by atoms with Gasteiger partial charge >= 0.3 is 0 Å². The van der Waals surface area contributed by atoms with Crippen molar-refractivity contribution in [1.82, 2.24) is 9.62 Å². The summed E-state index contributed by atoms with van der Waals surface area (Å²) < 4.78 is 27.3. The molecule has 120 valence electrons. The normalized spacial score (nSPS) is 15.2. The molecule has 1 aromatic carbocycles. The van der Waals surface area contributed by atoms with Gasteiger partial charge in [0.2, 0.25) is 10.0 Å². The maximum absolute atomic E-state index is 12.4. The standard InChI is InChI=1S/C14H25N3O3S/c1-10-6-7-12(15)13(11(10)2)21(19,20)16-8-14(3,18)9-17(4)5/h6-7,16,18H,8-9,15H2,1-5H3. The molecular weight excluding hydrogens is 290 g/mol. The van der Waals surface area contributed by atoms with E-state index in [2.05, 4.69) is 4.72 Å². The van der Waals surface area contributed by atoms with Gasteiger partial charge in [0.15, 0.2) is 0 Å². The van der Waals surface area contributed by atoms with E-state index < -0.39 is 15.6 Å². The van der Waals surface area contributed by atoms with Gasteiger partial charge in [0.1, 0.15) is 4.90 Å². The first-order valence-electron chi connectivity index (χ1n) is 6.69. The molecule has 0 saturated heterocycles. The Hall–Kier alpha value is -1.15. The number of aliphatic hydroxyl groups is 1. The van der Waals surface area contributed by atoms with Crippen LogP contribution in [0.15, 0.2) is 17.0 Å². The zero-order valence-electron chi connectivity index (χ0n) is 13.3. The highest BCUT2D eigenvalue weighted by Crippen LogP contribution is 2.25. The second-order valence-electron chi connectivity index (χ2n) is 5.99. The van der Waals surface area contributed by atoms with E-state index in [1.807, 2.05) is 21.0 Å². The number of nitrogens with zero attached hydrogens (tertiary/aromatic N) is 1. The van der Waals surface area contributed by atoms with Crippen LogP contribution in [0, 0.1) is 13.8 Å². The van der Waals surface area contributed by atoms with E-state index in [1.165, 1.54) is 0 Å². The van der Waals surface area contributed by atoms with Gasteiger partial charge in [-0.25, -0.2) is 13.1 Å². The van der Waals surface area contributed by atoms with Crippen LogP contribution >= 0.6 is 0 Å². The second-order valence-corrected chi connectivity index (χ2v) is 7.69. The van der Waals surface area contributed by atoms with Crippen molar-refractivity contribution < 1.29 is 13.5 Å². The highest BCUT2D eigenvalue weighted by Gasteiger charge is 2.27. The summed E-state index contributed by atoms with van der Waals surface area (Å²) in [5.41, 5.74) is 6.32. The first-order chi connectivity index (χ1) is 9.46. The number of hydrogen-bond donors (Lipinski definition) is 3. The predicted octanol–water partition coefficient (Wildman–Crippen LogP) is 0.477. The van der Waals surface area contributed by atoms with E-state index in [0.29, 0.717) is 12.1 Å². The maximum Gasteiger partial charge on any atom is 0.242 e. The molecule has 0 aliphatic rings. The van der Waals surface area contributed by atoms with E-state index in [9.17, 15) is 13.5 Å². The van der Waals surface area contributed by atoms with Crippen molar-refractivity contribution in [3.63, 3.8) is 0 Å². The van der Waals surface area contributed by atoms with E-state index >= 15 is 0 Å². The molecule has 1 aromatic rings. The molecule has 0 bridgehead atoms. The molecule has 0 aromatic heterocycles. The van der Waals surface area contributed by atoms with Gasteiger partial charge in [-0.3, -0.25) is 0 Å². The Morgan fingerprint density at radius 1 is 1.33 bits per heavy atom. The zero-order chi connectivity index (χ0) is 16.4. The molecule has 0 saturated carbocycles. The third-order valence-corrected chi connectivity index (χ3v) is 4.88. The van der Waals surface area contributed by atoms with Gasteiger partial charge in [0.05, 0.1) is 11.3 Å². The summed E-state index contributed by atoms with van der Waals surface area (Å²) in [5, 5.41) is 10.2. The quantitative estimate of drug-likeness (QED) is 0.664. The van der Waals surface area contributed by atoms with Gasteiger partial charge in [0, 0.05) is 13.1 Å². The minimum absolute atomic E-state index is 0.0830. The third-order valence-electron chi connectivity index (χ3n) is 3.28. The third kappa shape index (κ3) is 4.67. The predicted molar refractivity (Wildman–Crippen MR) is 84.7 cm³/mol. The lowest BCUT2D eigenvalue weighted by molar-refractivity contribution is 0.0386. The molecule has 21 heavy (non-hydrogen) atoms. The number of likely N-dealkylation sites (N-methyl/N-ethyl adjacent to an activating group) is 1. The number of anilines is 1. The molecule has 1 atom stereocenters. The summed E-state index contributed by atoms with van der Waals surface area (Å²) in [6, 6.07) is 3.36. The molecule has 0 aliphatic carbocycles. The van der Waals surface area contributed by atoms with Crippen LogP contribution in [0.1, 0.15) is 18.1 Å². The number of sulfonamides is 1. The van der Waals surface area contributed by atoms with E-state index in [0.717, 1.165) is 5.56 Å². The molecule has 1 rings (SSSR count). The largest absolute Gasteiger partial charge is 0.398 e. The maximum atomic E-state index is 12.4. The van der Waals surface area contributed by atoms with Gasteiger partial charge in [-0.2, -0.15) is 0 Å². The molecule has 1 unspecified atom stereocenters. The lowest BCUT2D eigenvalue weighted by atomic mass is 10.1.